The van der Waals surface area contributed by atoms with E-state index in [0.29, 0.717) is 6.04 Å². The van der Waals surface area contributed by atoms with Gasteiger partial charge >= 0.3 is 0 Å². The Bertz CT molecular complexity index is 319. The Kier molecular flexibility index (Phi) is 4.22. The third-order valence-electron chi connectivity index (χ3n) is 3.25. The van der Waals surface area contributed by atoms with Gasteiger partial charge in [-0.05, 0) is 30.5 Å². The van der Waals surface area contributed by atoms with E-state index < -0.39 is 0 Å². The lowest BCUT2D eigenvalue weighted by atomic mass is 10.1. The van der Waals surface area contributed by atoms with Gasteiger partial charge in [0.05, 0.1) is 12.6 Å². The van der Waals surface area contributed by atoms with Crippen molar-refractivity contribution in [2.45, 2.75) is 37.8 Å². The number of benzene rings is 1. The summed E-state index contributed by atoms with van der Waals surface area (Å²) in [6, 6.07) is 8.30. The highest BCUT2D eigenvalue weighted by Gasteiger charge is 2.19. The van der Waals surface area contributed by atoms with Crippen molar-refractivity contribution in [2.75, 3.05) is 6.61 Å². The van der Waals surface area contributed by atoms with Crippen LogP contribution in [-0.2, 0) is 0 Å². The van der Waals surface area contributed by atoms with E-state index in [0.717, 1.165) is 10.6 Å². The highest BCUT2D eigenvalue weighted by Crippen LogP contribution is 2.22. The van der Waals surface area contributed by atoms with Crippen LogP contribution in [0, 0.1) is 0 Å². The van der Waals surface area contributed by atoms with Gasteiger partial charge in [0.15, 0.2) is 0 Å². The Balaban J connectivity index is 2.00. The second kappa shape index (κ2) is 5.67. The van der Waals surface area contributed by atoms with Crippen molar-refractivity contribution in [1.82, 2.24) is 5.32 Å². The molecular formula is C13H18ClNO. The van der Waals surface area contributed by atoms with Crippen molar-refractivity contribution in [3.63, 3.8) is 0 Å². The Morgan fingerprint density at radius 1 is 1.25 bits per heavy atom. The predicted molar refractivity (Wildman–Crippen MR) is 66.7 cm³/mol. The Hall–Kier alpha value is -0.570. The van der Waals surface area contributed by atoms with Gasteiger partial charge in [-0.3, -0.25) is 0 Å². The molecule has 3 heteroatoms. The number of nitrogens with one attached hydrogen (secondary N) is 1. The van der Waals surface area contributed by atoms with Crippen LogP contribution >= 0.6 is 11.6 Å². The first-order valence-electron chi connectivity index (χ1n) is 5.92. The molecule has 1 aromatic rings. The molecule has 0 aromatic heterocycles. The van der Waals surface area contributed by atoms with Crippen LogP contribution in [0.2, 0.25) is 5.02 Å². The van der Waals surface area contributed by atoms with Crippen LogP contribution in [0.4, 0.5) is 0 Å². The molecule has 2 rings (SSSR count). The molecule has 1 atom stereocenters. The van der Waals surface area contributed by atoms with Crippen molar-refractivity contribution in [1.29, 1.82) is 0 Å². The zero-order valence-corrected chi connectivity index (χ0v) is 10.1. The molecule has 1 aliphatic rings. The molecule has 0 spiro atoms. The highest BCUT2D eigenvalue weighted by molar-refractivity contribution is 6.30. The SMILES string of the molecule is OCC(NC1CCCC1)c1ccc(Cl)cc1. The number of rotatable bonds is 4. The highest BCUT2D eigenvalue weighted by atomic mass is 35.5. The van der Waals surface area contributed by atoms with Crippen LogP contribution < -0.4 is 5.32 Å². The molecule has 2 N–H and O–H groups in total. The van der Waals surface area contributed by atoms with E-state index >= 15 is 0 Å². The summed E-state index contributed by atoms with van der Waals surface area (Å²) in [5.41, 5.74) is 1.11. The topological polar surface area (TPSA) is 32.3 Å². The van der Waals surface area contributed by atoms with E-state index in [1.165, 1.54) is 25.7 Å². The average Bonchev–Trinajstić information content (AvgIpc) is 2.80. The van der Waals surface area contributed by atoms with Gasteiger partial charge in [0.1, 0.15) is 0 Å². The van der Waals surface area contributed by atoms with Crippen LogP contribution in [0.1, 0.15) is 37.3 Å². The predicted octanol–water partition coefficient (Wildman–Crippen LogP) is 2.91. The average molecular weight is 240 g/mol. The zero-order valence-electron chi connectivity index (χ0n) is 9.32. The van der Waals surface area contributed by atoms with Gasteiger partial charge in [-0.1, -0.05) is 36.6 Å². The molecule has 2 nitrogen and oxygen atoms in total. The Morgan fingerprint density at radius 3 is 2.44 bits per heavy atom. The minimum Gasteiger partial charge on any atom is -0.394 e. The molecule has 88 valence electrons. The maximum Gasteiger partial charge on any atom is 0.0626 e. The van der Waals surface area contributed by atoms with Crippen molar-refractivity contribution in [2.24, 2.45) is 0 Å². The lowest BCUT2D eigenvalue weighted by Gasteiger charge is -2.21. The smallest absolute Gasteiger partial charge is 0.0626 e. The minimum atomic E-state index is 0.0420. The third kappa shape index (κ3) is 2.97. The fraction of sp³-hybridized carbons (Fsp3) is 0.538. The molecule has 0 saturated heterocycles. The van der Waals surface area contributed by atoms with Crippen molar-refractivity contribution in [3.8, 4) is 0 Å². The van der Waals surface area contributed by atoms with Crippen LogP contribution in [0.15, 0.2) is 24.3 Å². The van der Waals surface area contributed by atoms with Gasteiger partial charge in [-0.25, -0.2) is 0 Å². The molecule has 1 unspecified atom stereocenters. The summed E-state index contributed by atoms with van der Waals surface area (Å²) in [7, 11) is 0. The fourth-order valence-electron chi connectivity index (χ4n) is 2.33. The second-order valence-corrected chi connectivity index (χ2v) is 4.87. The van der Waals surface area contributed by atoms with Gasteiger partial charge in [0, 0.05) is 11.1 Å². The lowest BCUT2D eigenvalue weighted by Crippen LogP contribution is -2.32. The standard InChI is InChI=1S/C13H18ClNO/c14-11-7-5-10(6-8-11)13(9-16)15-12-3-1-2-4-12/h5-8,12-13,15-16H,1-4,9H2. The molecule has 1 saturated carbocycles. The fourth-order valence-corrected chi connectivity index (χ4v) is 2.45. The Labute approximate surface area is 102 Å². The van der Waals surface area contributed by atoms with Crippen LogP contribution in [0.3, 0.4) is 0 Å². The van der Waals surface area contributed by atoms with E-state index in [4.69, 9.17) is 11.6 Å². The second-order valence-electron chi connectivity index (χ2n) is 4.43. The minimum absolute atomic E-state index is 0.0420. The largest absolute Gasteiger partial charge is 0.394 e. The maximum atomic E-state index is 9.41. The summed E-state index contributed by atoms with van der Waals surface area (Å²) in [5.74, 6) is 0. The van der Waals surface area contributed by atoms with Gasteiger partial charge in [-0.15, -0.1) is 0 Å². The van der Waals surface area contributed by atoms with Gasteiger partial charge in [0.2, 0.25) is 0 Å². The molecule has 1 aliphatic carbocycles. The number of hydrogen-bond donors (Lipinski definition) is 2. The summed E-state index contributed by atoms with van der Waals surface area (Å²) in [5, 5.41) is 13.7. The summed E-state index contributed by atoms with van der Waals surface area (Å²) in [4.78, 5) is 0. The number of aliphatic hydroxyl groups excluding tert-OH is 1. The first-order chi connectivity index (χ1) is 7.79. The molecule has 0 radical (unpaired) electrons. The molecule has 16 heavy (non-hydrogen) atoms. The normalized spacial score (nSPS) is 18.9. The molecular weight excluding hydrogens is 222 g/mol. The summed E-state index contributed by atoms with van der Waals surface area (Å²) >= 11 is 5.85. The number of hydrogen-bond acceptors (Lipinski definition) is 2. The molecule has 0 heterocycles. The van der Waals surface area contributed by atoms with Gasteiger partial charge in [-0.2, -0.15) is 0 Å². The molecule has 1 aromatic carbocycles. The van der Waals surface area contributed by atoms with E-state index in [9.17, 15) is 5.11 Å². The first-order valence-corrected chi connectivity index (χ1v) is 6.30. The van der Waals surface area contributed by atoms with Crippen molar-refractivity contribution in [3.05, 3.63) is 34.9 Å². The molecule has 0 bridgehead atoms. The van der Waals surface area contributed by atoms with E-state index in [2.05, 4.69) is 5.32 Å². The Morgan fingerprint density at radius 2 is 1.88 bits per heavy atom. The summed E-state index contributed by atoms with van der Waals surface area (Å²) in [6.07, 6.45) is 5.06. The van der Waals surface area contributed by atoms with Gasteiger partial charge < -0.3 is 10.4 Å². The van der Waals surface area contributed by atoms with Crippen LogP contribution in [0.5, 0.6) is 0 Å². The maximum absolute atomic E-state index is 9.41. The molecule has 0 aliphatic heterocycles. The summed E-state index contributed by atoms with van der Waals surface area (Å²) < 4.78 is 0. The van der Waals surface area contributed by atoms with E-state index in [1.54, 1.807) is 0 Å². The quantitative estimate of drug-likeness (QED) is 0.847. The van der Waals surface area contributed by atoms with Gasteiger partial charge in [0.25, 0.3) is 0 Å². The van der Waals surface area contributed by atoms with Crippen molar-refractivity contribution >= 4 is 11.6 Å². The first kappa shape index (κ1) is 11.9. The number of halogens is 1. The lowest BCUT2D eigenvalue weighted by molar-refractivity contribution is 0.233. The van der Waals surface area contributed by atoms with E-state index in [-0.39, 0.29) is 12.6 Å². The number of aliphatic hydroxyl groups is 1. The van der Waals surface area contributed by atoms with Crippen LogP contribution in [-0.4, -0.2) is 17.8 Å². The van der Waals surface area contributed by atoms with E-state index in [1.807, 2.05) is 24.3 Å². The molecule has 1 fully saturated rings. The van der Waals surface area contributed by atoms with Crippen LogP contribution in [0.25, 0.3) is 0 Å². The zero-order chi connectivity index (χ0) is 11.4. The monoisotopic (exact) mass is 239 g/mol. The van der Waals surface area contributed by atoms with Crippen molar-refractivity contribution < 1.29 is 5.11 Å². The third-order valence-corrected chi connectivity index (χ3v) is 3.50. The summed E-state index contributed by atoms with van der Waals surface area (Å²) in [6.45, 7) is 0.137. The molecule has 0 amide bonds.